The highest BCUT2D eigenvalue weighted by atomic mass is 28.4. The number of fused-ring (bicyclic) bond motifs is 2. The van der Waals surface area contributed by atoms with E-state index < -0.39 is 32.0 Å². The van der Waals surface area contributed by atoms with Crippen molar-refractivity contribution in [2.24, 2.45) is 0 Å². The lowest BCUT2D eigenvalue weighted by atomic mass is 10.1. The van der Waals surface area contributed by atoms with Gasteiger partial charge in [-0.25, -0.2) is 19.7 Å². The topological polar surface area (TPSA) is 119 Å². The summed E-state index contributed by atoms with van der Waals surface area (Å²) in [4.78, 5) is 25.4. The molecule has 1 N–H and O–H groups in total. The van der Waals surface area contributed by atoms with Gasteiger partial charge in [0.05, 0.1) is 12.9 Å². The minimum atomic E-state index is -1.99. The molecule has 36 heavy (non-hydrogen) atoms. The second-order valence-electron chi connectivity index (χ2n) is 12.4. The number of hydrogen-bond acceptors (Lipinski definition) is 9. The van der Waals surface area contributed by atoms with E-state index in [4.69, 9.17) is 23.4 Å². The maximum Gasteiger partial charge on any atom is 0.413 e. The van der Waals surface area contributed by atoms with E-state index in [1.165, 1.54) is 6.33 Å². The molecule has 4 heterocycles. The Bertz CT molecular complexity index is 1120. The number of anilines is 1. The van der Waals surface area contributed by atoms with Gasteiger partial charge in [-0.15, -0.1) is 0 Å². The lowest BCUT2D eigenvalue weighted by Crippen LogP contribution is -2.44. The molecule has 0 bridgehead atoms. The molecule has 4 atom stereocenters. The molecule has 2 aromatic heterocycles. The summed E-state index contributed by atoms with van der Waals surface area (Å²) in [6.07, 6.45) is 0.803. The summed E-state index contributed by atoms with van der Waals surface area (Å²) < 4.78 is 32.6. The Balaban J connectivity index is 1.59. The van der Waals surface area contributed by atoms with Crippen molar-refractivity contribution in [1.29, 1.82) is 0 Å². The number of hydrogen-bond donors (Lipinski definition) is 1. The van der Waals surface area contributed by atoms with E-state index in [2.05, 4.69) is 54.1 Å². The molecule has 0 spiro atoms. The second-order valence-corrected chi connectivity index (χ2v) is 17.2. The van der Waals surface area contributed by atoms with E-state index in [0.29, 0.717) is 17.8 Å². The lowest BCUT2D eigenvalue weighted by Gasteiger charge is -2.37. The van der Waals surface area contributed by atoms with Gasteiger partial charge in [-0.1, -0.05) is 20.8 Å². The fourth-order valence-electron chi connectivity index (χ4n) is 4.05. The molecule has 0 radical (unpaired) electrons. The first-order chi connectivity index (χ1) is 16.5. The molecule has 1 amide bonds. The van der Waals surface area contributed by atoms with Crippen molar-refractivity contribution in [3.8, 4) is 0 Å². The first-order valence-electron chi connectivity index (χ1n) is 12.3. The summed E-state index contributed by atoms with van der Waals surface area (Å²) >= 11 is 0. The Morgan fingerprint density at radius 1 is 1.11 bits per heavy atom. The standard InChI is InChI=1S/C24H39N5O6Si/c1-22(2,3)35-21(30)28-18-15-19(26-12-25-18)29(13-27-15)20-17-16(33-24(7,8)34-17)14(32-20)11-31-36(9,10)23(4,5)6/h12-14,16-17,20H,11H2,1-10H3,(H,25,26,28,30)/t14-,16+,17?,20-/m0/s1. The Kier molecular flexibility index (Phi) is 6.74. The van der Waals surface area contributed by atoms with Crippen LogP contribution < -0.4 is 5.32 Å². The van der Waals surface area contributed by atoms with Gasteiger partial charge in [0.25, 0.3) is 0 Å². The molecule has 11 nitrogen and oxygen atoms in total. The lowest BCUT2D eigenvalue weighted by molar-refractivity contribution is -0.199. The number of rotatable bonds is 5. The molecular weight excluding hydrogens is 482 g/mol. The van der Waals surface area contributed by atoms with E-state index in [-0.39, 0.29) is 29.2 Å². The van der Waals surface area contributed by atoms with Gasteiger partial charge in [-0.3, -0.25) is 9.88 Å². The zero-order valence-corrected chi connectivity index (χ0v) is 23.9. The molecule has 2 aliphatic heterocycles. The predicted molar refractivity (Wildman–Crippen MR) is 136 cm³/mol. The average Bonchev–Trinajstić information content (AvgIpc) is 3.35. The molecule has 2 fully saturated rings. The van der Waals surface area contributed by atoms with Crippen LogP contribution in [0.15, 0.2) is 12.7 Å². The van der Waals surface area contributed by atoms with Crippen molar-refractivity contribution in [1.82, 2.24) is 19.5 Å². The van der Waals surface area contributed by atoms with Gasteiger partial charge in [0, 0.05) is 0 Å². The van der Waals surface area contributed by atoms with Crippen LogP contribution in [0.25, 0.3) is 11.2 Å². The summed E-state index contributed by atoms with van der Waals surface area (Å²) in [5.74, 6) is -0.509. The third-order valence-electron chi connectivity index (χ3n) is 6.79. The third kappa shape index (κ3) is 5.42. The number of imidazole rings is 1. The predicted octanol–water partition coefficient (Wildman–Crippen LogP) is 4.61. The van der Waals surface area contributed by atoms with E-state index in [9.17, 15) is 4.79 Å². The molecule has 0 saturated carbocycles. The van der Waals surface area contributed by atoms with Crippen LogP contribution in [0, 0.1) is 0 Å². The number of nitrogens with one attached hydrogen (secondary N) is 1. The van der Waals surface area contributed by atoms with Crippen LogP contribution >= 0.6 is 0 Å². The Morgan fingerprint density at radius 2 is 1.78 bits per heavy atom. The van der Waals surface area contributed by atoms with E-state index >= 15 is 0 Å². The van der Waals surface area contributed by atoms with Gasteiger partial charge in [-0.05, 0) is 52.8 Å². The molecule has 2 aliphatic rings. The summed E-state index contributed by atoms with van der Waals surface area (Å²) in [6, 6.07) is 0. The summed E-state index contributed by atoms with van der Waals surface area (Å²) in [7, 11) is -1.99. The molecular formula is C24H39N5O6Si. The van der Waals surface area contributed by atoms with Crippen LogP contribution in [0.3, 0.4) is 0 Å². The summed E-state index contributed by atoms with van der Waals surface area (Å²) in [5.41, 5.74) is 0.276. The van der Waals surface area contributed by atoms with Gasteiger partial charge in [0.1, 0.15) is 30.2 Å². The molecule has 200 valence electrons. The molecule has 2 aromatic rings. The Hall–Kier alpha value is -2.12. The Labute approximate surface area is 213 Å². The van der Waals surface area contributed by atoms with Gasteiger partial charge in [-0.2, -0.15) is 0 Å². The zero-order valence-electron chi connectivity index (χ0n) is 22.9. The highest BCUT2D eigenvalue weighted by Gasteiger charge is 2.56. The van der Waals surface area contributed by atoms with Crippen molar-refractivity contribution in [2.75, 3.05) is 11.9 Å². The first kappa shape index (κ1) is 26.9. The van der Waals surface area contributed by atoms with E-state index in [1.807, 2.05) is 13.8 Å². The fourth-order valence-corrected chi connectivity index (χ4v) is 5.07. The number of carbonyl (C=O) groups is 1. The smallest absolute Gasteiger partial charge is 0.413 e. The Morgan fingerprint density at radius 3 is 2.42 bits per heavy atom. The van der Waals surface area contributed by atoms with Crippen LogP contribution in [0.2, 0.25) is 18.1 Å². The maximum atomic E-state index is 12.3. The normalized spacial score (nSPS) is 26.3. The van der Waals surface area contributed by atoms with Crippen molar-refractivity contribution in [3.05, 3.63) is 12.7 Å². The number of ether oxygens (including phenoxy) is 4. The molecule has 0 aliphatic carbocycles. The summed E-state index contributed by atoms with van der Waals surface area (Å²) in [5, 5.41) is 2.74. The van der Waals surface area contributed by atoms with Gasteiger partial charge in [0.2, 0.25) is 0 Å². The SMILES string of the molecule is CC(C)(C)OC(=O)Nc1ncnc2c1ncn2[C@H]1O[C@@H](CO[Si](C)(C)C(C)(C)C)[C@H]2OC(C)(C)OC21. The van der Waals surface area contributed by atoms with E-state index in [1.54, 1.807) is 31.7 Å². The van der Waals surface area contributed by atoms with Crippen LogP contribution in [0.5, 0.6) is 0 Å². The summed E-state index contributed by atoms with van der Waals surface area (Å²) in [6.45, 7) is 20.6. The maximum absolute atomic E-state index is 12.3. The molecule has 4 rings (SSSR count). The largest absolute Gasteiger partial charge is 0.444 e. The van der Waals surface area contributed by atoms with E-state index in [0.717, 1.165) is 0 Å². The number of amides is 1. The highest BCUT2D eigenvalue weighted by molar-refractivity contribution is 6.74. The number of carbonyl (C=O) groups excluding carboxylic acids is 1. The highest BCUT2D eigenvalue weighted by Crippen LogP contribution is 2.45. The first-order valence-corrected chi connectivity index (χ1v) is 15.2. The minimum absolute atomic E-state index is 0.0751. The second kappa shape index (κ2) is 9.01. The van der Waals surface area contributed by atoms with Crippen LogP contribution in [0.1, 0.15) is 61.6 Å². The van der Waals surface area contributed by atoms with Crippen molar-refractivity contribution in [2.45, 2.75) is 109 Å². The average molecular weight is 522 g/mol. The van der Waals surface area contributed by atoms with Crippen molar-refractivity contribution in [3.63, 3.8) is 0 Å². The zero-order chi connectivity index (χ0) is 26.7. The van der Waals surface area contributed by atoms with Gasteiger partial charge in [0.15, 0.2) is 37.3 Å². The number of aromatic nitrogens is 4. The monoisotopic (exact) mass is 521 g/mol. The van der Waals surface area contributed by atoms with Crippen LogP contribution in [0.4, 0.5) is 10.6 Å². The van der Waals surface area contributed by atoms with Gasteiger partial charge >= 0.3 is 6.09 Å². The third-order valence-corrected chi connectivity index (χ3v) is 11.3. The quantitative estimate of drug-likeness (QED) is 0.562. The molecule has 2 saturated heterocycles. The van der Waals surface area contributed by atoms with Crippen molar-refractivity contribution < 1.29 is 28.2 Å². The van der Waals surface area contributed by atoms with Gasteiger partial charge < -0.3 is 23.4 Å². The molecule has 0 aromatic carbocycles. The van der Waals surface area contributed by atoms with Crippen molar-refractivity contribution >= 4 is 31.4 Å². The number of nitrogens with zero attached hydrogens (tertiary/aromatic N) is 4. The molecule has 1 unspecified atom stereocenters. The fraction of sp³-hybridized carbons (Fsp3) is 0.750. The van der Waals surface area contributed by atoms with Crippen LogP contribution in [-0.2, 0) is 23.4 Å². The van der Waals surface area contributed by atoms with Crippen LogP contribution in [-0.4, -0.2) is 70.2 Å². The molecule has 12 heteroatoms. The minimum Gasteiger partial charge on any atom is -0.444 e.